The lowest BCUT2D eigenvalue weighted by atomic mass is 10.00. The molecule has 0 aliphatic rings. The summed E-state index contributed by atoms with van der Waals surface area (Å²) in [6, 6.07) is 16.1. The minimum atomic E-state index is -3.93. The second-order valence-corrected chi connectivity index (χ2v) is 6.36. The summed E-state index contributed by atoms with van der Waals surface area (Å²) in [7, 11) is -3.93. The van der Waals surface area contributed by atoms with Gasteiger partial charge >= 0.3 is 0 Å². The highest BCUT2D eigenvalue weighted by Crippen LogP contribution is 2.13. The Bertz CT molecular complexity index is 721. The van der Waals surface area contributed by atoms with Crippen molar-refractivity contribution in [1.82, 2.24) is 0 Å². The molecule has 0 spiro atoms. The van der Waals surface area contributed by atoms with Crippen LogP contribution in [-0.2, 0) is 16.5 Å². The maximum Gasteiger partial charge on any atom is 0.264 e. The zero-order chi connectivity index (χ0) is 15.3. The van der Waals surface area contributed by atoms with E-state index in [0.717, 1.165) is 5.56 Å². The van der Waals surface area contributed by atoms with Gasteiger partial charge in [-0.3, -0.25) is 9.35 Å². The number of rotatable bonds is 6. The molecule has 4 nitrogen and oxygen atoms in total. The van der Waals surface area contributed by atoms with E-state index in [2.05, 4.69) is 0 Å². The van der Waals surface area contributed by atoms with Crippen LogP contribution < -0.4 is 0 Å². The van der Waals surface area contributed by atoms with E-state index in [1.807, 2.05) is 24.3 Å². The van der Waals surface area contributed by atoms with Crippen molar-refractivity contribution < 1.29 is 17.8 Å². The lowest BCUT2D eigenvalue weighted by Crippen LogP contribution is -2.05. The summed E-state index contributed by atoms with van der Waals surface area (Å²) in [6.45, 7) is 0. The van der Waals surface area contributed by atoms with Gasteiger partial charge in [0.1, 0.15) is 0 Å². The van der Waals surface area contributed by atoms with Crippen molar-refractivity contribution >= 4 is 15.9 Å². The first kappa shape index (κ1) is 15.4. The van der Waals surface area contributed by atoms with Crippen molar-refractivity contribution in [1.29, 1.82) is 0 Å². The summed E-state index contributed by atoms with van der Waals surface area (Å²) < 4.78 is 30.1. The Morgan fingerprint density at radius 3 is 2.29 bits per heavy atom. The van der Waals surface area contributed by atoms with Crippen molar-refractivity contribution in [3.8, 4) is 0 Å². The van der Waals surface area contributed by atoms with E-state index >= 15 is 0 Å². The van der Waals surface area contributed by atoms with Crippen LogP contribution in [0.1, 0.15) is 27.9 Å². The monoisotopic (exact) mass is 304 g/mol. The molecule has 0 aromatic heterocycles. The summed E-state index contributed by atoms with van der Waals surface area (Å²) in [5.41, 5.74) is 2.07. The summed E-state index contributed by atoms with van der Waals surface area (Å²) in [5.74, 6) is -0.337. The van der Waals surface area contributed by atoms with Gasteiger partial charge in [0, 0.05) is 11.1 Å². The van der Waals surface area contributed by atoms with Crippen LogP contribution >= 0.6 is 0 Å². The first-order valence-electron chi connectivity index (χ1n) is 6.59. The van der Waals surface area contributed by atoms with E-state index < -0.39 is 10.1 Å². The van der Waals surface area contributed by atoms with Gasteiger partial charge in [0.2, 0.25) is 0 Å². The minimum absolute atomic E-state index is 0.0628. The number of ketones is 1. The van der Waals surface area contributed by atoms with E-state index in [0.29, 0.717) is 24.0 Å². The fourth-order valence-corrected chi connectivity index (χ4v) is 2.59. The fourth-order valence-electron chi connectivity index (χ4n) is 2.08. The molecule has 0 heterocycles. The molecule has 0 unspecified atom stereocenters. The Morgan fingerprint density at radius 2 is 1.62 bits per heavy atom. The number of benzene rings is 2. The van der Waals surface area contributed by atoms with Gasteiger partial charge in [-0.05, 0) is 24.5 Å². The predicted molar refractivity (Wildman–Crippen MR) is 81.1 cm³/mol. The van der Waals surface area contributed by atoms with Crippen LogP contribution in [0.5, 0.6) is 0 Å². The van der Waals surface area contributed by atoms with Crippen molar-refractivity contribution in [2.45, 2.75) is 12.8 Å². The van der Waals surface area contributed by atoms with Crippen molar-refractivity contribution in [3.05, 3.63) is 71.3 Å². The van der Waals surface area contributed by atoms with Crippen molar-refractivity contribution in [3.63, 3.8) is 0 Å². The Hall–Kier alpha value is -1.98. The molecule has 0 amide bonds. The van der Waals surface area contributed by atoms with Crippen molar-refractivity contribution in [2.24, 2.45) is 0 Å². The van der Waals surface area contributed by atoms with Crippen LogP contribution in [0.25, 0.3) is 0 Å². The SMILES string of the molecule is O=C(c1ccccc1)c1cccc(CCCS(=O)(=O)O)c1. The molecule has 0 aliphatic heterocycles. The Labute approximate surface area is 124 Å². The molecular weight excluding hydrogens is 288 g/mol. The van der Waals surface area contributed by atoms with Crippen LogP contribution in [0.2, 0.25) is 0 Å². The maximum atomic E-state index is 12.3. The molecule has 2 aromatic rings. The van der Waals surface area contributed by atoms with Gasteiger partial charge in [0.05, 0.1) is 5.75 Å². The number of carbonyl (C=O) groups is 1. The zero-order valence-electron chi connectivity index (χ0n) is 11.4. The van der Waals surface area contributed by atoms with E-state index in [1.54, 1.807) is 30.3 Å². The molecular formula is C16H16O4S. The first-order chi connectivity index (χ1) is 9.96. The second kappa shape index (κ2) is 6.65. The molecule has 0 saturated heterocycles. The molecule has 0 saturated carbocycles. The maximum absolute atomic E-state index is 12.3. The smallest absolute Gasteiger partial charge is 0.264 e. The Morgan fingerprint density at radius 1 is 0.952 bits per heavy atom. The topological polar surface area (TPSA) is 71.4 Å². The molecule has 0 atom stereocenters. The zero-order valence-corrected chi connectivity index (χ0v) is 12.2. The van der Waals surface area contributed by atoms with E-state index in [9.17, 15) is 13.2 Å². The highest BCUT2D eigenvalue weighted by molar-refractivity contribution is 7.85. The second-order valence-electron chi connectivity index (χ2n) is 4.79. The van der Waals surface area contributed by atoms with Gasteiger partial charge in [-0.25, -0.2) is 0 Å². The molecule has 0 bridgehead atoms. The quantitative estimate of drug-likeness (QED) is 0.658. The van der Waals surface area contributed by atoms with Gasteiger partial charge in [-0.15, -0.1) is 0 Å². The molecule has 0 aliphatic carbocycles. The van der Waals surface area contributed by atoms with Gasteiger partial charge < -0.3 is 0 Å². The summed E-state index contributed by atoms with van der Waals surface area (Å²) in [6.07, 6.45) is 0.817. The standard InChI is InChI=1S/C16H16O4S/c17-16(14-8-2-1-3-9-14)15-10-4-6-13(12-15)7-5-11-21(18,19)20/h1-4,6,8-10,12H,5,7,11H2,(H,18,19,20). The van der Waals surface area contributed by atoms with E-state index in [1.165, 1.54) is 0 Å². The normalized spacial score (nSPS) is 11.3. The molecule has 5 heteroatoms. The summed E-state index contributed by atoms with van der Waals surface area (Å²) >= 11 is 0. The molecule has 0 fully saturated rings. The van der Waals surface area contributed by atoms with Crippen molar-refractivity contribution in [2.75, 3.05) is 5.75 Å². The number of hydrogen-bond donors (Lipinski definition) is 1. The minimum Gasteiger partial charge on any atom is -0.289 e. The van der Waals surface area contributed by atoms with Gasteiger partial charge in [-0.2, -0.15) is 8.42 Å². The van der Waals surface area contributed by atoms with Crippen LogP contribution in [-0.4, -0.2) is 24.5 Å². The largest absolute Gasteiger partial charge is 0.289 e. The molecule has 2 rings (SSSR count). The predicted octanol–water partition coefficient (Wildman–Crippen LogP) is 2.74. The molecule has 21 heavy (non-hydrogen) atoms. The first-order valence-corrected chi connectivity index (χ1v) is 8.20. The third-order valence-electron chi connectivity index (χ3n) is 3.09. The summed E-state index contributed by atoms with van der Waals surface area (Å²) in [4.78, 5) is 12.3. The molecule has 2 aromatic carbocycles. The third-order valence-corrected chi connectivity index (χ3v) is 3.90. The average molecular weight is 304 g/mol. The molecule has 110 valence electrons. The Balaban J connectivity index is 2.09. The van der Waals surface area contributed by atoms with E-state index in [-0.39, 0.29) is 11.5 Å². The van der Waals surface area contributed by atoms with Crippen LogP contribution in [0, 0.1) is 0 Å². The highest BCUT2D eigenvalue weighted by Gasteiger charge is 2.09. The highest BCUT2D eigenvalue weighted by atomic mass is 32.2. The lowest BCUT2D eigenvalue weighted by molar-refractivity contribution is 0.103. The molecule has 1 N–H and O–H groups in total. The summed E-state index contributed by atoms with van der Waals surface area (Å²) in [5, 5.41) is 0. The average Bonchev–Trinajstić information content (AvgIpc) is 2.46. The van der Waals surface area contributed by atoms with Gasteiger partial charge in [0.15, 0.2) is 5.78 Å². The van der Waals surface area contributed by atoms with E-state index in [4.69, 9.17) is 4.55 Å². The molecule has 0 radical (unpaired) electrons. The van der Waals surface area contributed by atoms with Crippen LogP contribution in [0.4, 0.5) is 0 Å². The number of hydrogen-bond acceptors (Lipinski definition) is 3. The van der Waals surface area contributed by atoms with Crippen LogP contribution in [0.15, 0.2) is 54.6 Å². The van der Waals surface area contributed by atoms with Gasteiger partial charge in [0.25, 0.3) is 10.1 Å². The number of aryl methyl sites for hydroxylation is 1. The van der Waals surface area contributed by atoms with Gasteiger partial charge in [-0.1, -0.05) is 48.5 Å². The Kier molecular flexibility index (Phi) is 4.88. The number of carbonyl (C=O) groups excluding carboxylic acids is 1. The van der Waals surface area contributed by atoms with Crippen LogP contribution in [0.3, 0.4) is 0 Å². The lowest BCUT2D eigenvalue weighted by Gasteiger charge is -2.05. The fraction of sp³-hybridized carbons (Fsp3) is 0.188. The third kappa shape index (κ3) is 4.81.